The Hall–Kier alpha value is -2.50. The molecule has 1 saturated heterocycles. The van der Waals surface area contributed by atoms with Crippen LogP contribution >= 0.6 is 15.6 Å². The molecule has 8 N–H and O–H groups in total. The molecular weight excluding hydrogens is 605 g/mol. The SMILES string of the molecule is CC(NC(=O)N(C)[C@@H]1O[C@H](COP(=O)(O)OP(=O)(O)OCc2ccccc2)C(O)C1O)NC(O)Nc1ccc(F)cc1. The average Bonchev–Trinajstić information content (AvgIpc) is 3.20. The van der Waals surface area contributed by atoms with Crippen LogP contribution < -0.4 is 16.0 Å². The lowest BCUT2D eigenvalue weighted by molar-refractivity contribution is -0.0712. The van der Waals surface area contributed by atoms with E-state index in [0.717, 1.165) is 4.90 Å². The standard InChI is InChI=1S/C23H33FN4O12P2/c1-14(25-22(31)27-17-10-8-16(24)9-11-17)26-23(32)28(2)21-20(30)19(29)18(39-21)13-38-42(35,36)40-41(33,34)37-12-15-6-4-3-5-7-15/h3-11,14,18-22,25,27,29-31H,12-13H2,1-2H3,(H,26,32)(H,33,34)(H,35,36)/t14?,18-,19?,20?,21-,22?/m1/s1. The van der Waals surface area contributed by atoms with Gasteiger partial charge in [0.1, 0.15) is 24.1 Å². The highest BCUT2D eigenvalue weighted by Gasteiger charge is 2.47. The van der Waals surface area contributed by atoms with Crippen LogP contribution in [0.1, 0.15) is 12.5 Å². The molecule has 6 unspecified atom stereocenters. The van der Waals surface area contributed by atoms with Crippen molar-refractivity contribution in [2.75, 3.05) is 19.0 Å². The van der Waals surface area contributed by atoms with Crippen LogP contribution in [0.15, 0.2) is 54.6 Å². The van der Waals surface area contributed by atoms with Crippen LogP contribution in [0.2, 0.25) is 0 Å². The predicted molar refractivity (Wildman–Crippen MR) is 144 cm³/mol. The Balaban J connectivity index is 1.46. The van der Waals surface area contributed by atoms with E-state index in [1.165, 1.54) is 38.2 Å². The Morgan fingerprint density at radius 3 is 2.31 bits per heavy atom. The molecule has 0 bridgehead atoms. The average molecular weight is 638 g/mol. The van der Waals surface area contributed by atoms with Crippen LogP contribution in [-0.2, 0) is 33.8 Å². The fourth-order valence-electron chi connectivity index (χ4n) is 3.69. The van der Waals surface area contributed by atoms with Crippen molar-refractivity contribution in [3.05, 3.63) is 66.0 Å². The number of urea groups is 1. The van der Waals surface area contributed by atoms with Gasteiger partial charge in [-0.1, -0.05) is 30.3 Å². The minimum atomic E-state index is -5.22. The van der Waals surface area contributed by atoms with Crippen molar-refractivity contribution in [1.82, 2.24) is 15.5 Å². The van der Waals surface area contributed by atoms with E-state index < -0.39 is 77.8 Å². The number of aliphatic hydroxyl groups is 3. The summed E-state index contributed by atoms with van der Waals surface area (Å²) >= 11 is 0. The number of nitrogens with one attached hydrogen (secondary N) is 3. The summed E-state index contributed by atoms with van der Waals surface area (Å²) in [7, 11) is -9.04. The highest BCUT2D eigenvalue weighted by atomic mass is 31.3. The highest BCUT2D eigenvalue weighted by molar-refractivity contribution is 7.61. The monoisotopic (exact) mass is 638 g/mol. The molecular formula is C23H33FN4O12P2. The number of rotatable bonds is 14. The number of anilines is 1. The van der Waals surface area contributed by atoms with Crippen LogP contribution in [-0.4, -0.2) is 86.7 Å². The minimum Gasteiger partial charge on any atom is -0.387 e. The van der Waals surface area contributed by atoms with Gasteiger partial charge in [0.15, 0.2) is 12.6 Å². The molecule has 0 aliphatic carbocycles. The Morgan fingerprint density at radius 1 is 1.05 bits per heavy atom. The van der Waals surface area contributed by atoms with E-state index in [9.17, 15) is 43.4 Å². The zero-order valence-corrected chi connectivity index (χ0v) is 24.2. The van der Waals surface area contributed by atoms with Crippen molar-refractivity contribution < 1.29 is 61.5 Å². The molecule has 0 radical (unpaired) electrons. The molecule has 42 heavy (non-hydrogen) atoms. The first-order valence-corrected chi connectivity index (χ1v) is 15.4. The first-order valence-electron chi connectivity index (χ1n) is 12.4. The van der Waals surface area contributed by atoms with Crippen LogP contribution in [0.4, 0.5) is 14.9 Å². The van der Waals surface area contributed by atoms with E-state index in [-0.39, 0.29) is 0 Å². The lowest BCUT2D eigenvalue weighted by atomic mass is 10.1. The van der Waals surface area contributed by atoms with E-state index in [0.29, 0.717) is 11.3 Å². The van der Waals surface area contributed by atoms with Gasteiger partial charge in [-0.15, -0.1) is 0 Å². The van der Waals surface area contributed by atoms with E-state index in [1.54, 1.807) is 30.3 Å². The largest absolute Gasteiger partial charge is 0.481 e. The Morgan fingerprint density at radius 2 is 1.67 bits per heavy atom. The fourth-order valence-corrected chi connectivity index (χ4v) is 5.76. The smallest absolute Gasteiger partial charge is 0.387 e. The third-order valence-electron chi connectivity index (χ3n) is 5.78. The molecule has 234 valence electrons. The molecule has 19 heteroatoms. The van der Waals surface area contributed by atoms with Gasteiger partial charge in [-0.2, -0.15) is 4.31 Å². The number of likely N-dealkylation sites (N-methyl/N-ethyl adjacent to an activating group) is 1. The van der Waals surface area contributed by atoms with Gasteiger partial charge < -0.3 is 40.5 Å². The van der Waals surface area contributed by atoms with Crippen molar-refractivity contribution in [2.45, 2.75) is 50.6 Å². The van der Waals surface area contributed by atoms with Crippen LogP contribution in [0.25, 0.3) is 0 Å². The summed E-state index contributed by atoms with van der Waals surface area (Å²) in [6.45, 7) is 0.204. The van der Waals surface area contributed by atoms with Gasteiger partial charge in [0.2, 0.25) is 0 Å². The summed E-state index contributed by atoms with van der Waals surface area (Å²) < 4.78 is 56.4. The Labute approximate surface area is 240 Å². The lowest BCUT2D eigenvalue weighted by Gasteiger charge is -2.29. The molecule has 16 nitrogen and oxygen atoms in total. The molecule has 8 atom stereocenters. The predicted octanol–water partition coefficient (Wildman–Crippen LogP) is 0.988. The number of hydrogen-bond acceptors (Lipinski definition) is 12. The van der Waals surface area contributed by atoms with E-state index in [4.69, 9.17) is 9.26 Å². The maximum atomic E-state index is 13.0. The Bertz CT molecular complexity index is 1260. The summed E-state index contributed by atoms with van der Waals surface area (Å²) in [4.78, 5) is 33.2. The third kappa shape index (κ3) is 10.3. The summed E-state index contributed by atoms with van der Waals surface area (Å²) in [6.07, 6.45) is -8.47. The number of ether oxygens (including phenoxy) is 1. The molecule has 1 aliphatic heterocycles. The summed E-state index contributed by atoms with van der Waals surface area (Å²) in [6, 6.07) is 12.5. The number of benzene rings is 2. The summed E-state index contributed by atoms with van der Waals surface area (Å²) in [5, 5.41) is 38.5. The lowest BCUT2D eigenvalue weighted by Crippen LogP contribution is -2.56. The van der Waals surface area contributed by atoms with Gasteiger partial charge in [0, 0.05) is 12.7 Å². The first-order chi connectivity index (χ1) is 19.7. The number of halogens is 1. The first kappa shape index (κ1) is 34.0. The molecule has 1 aliphatic rings. The van der Waals surface area contributed by atoms with Gasteiger partial charge in [-0.3, -0.25) is 19.3 Å². The molecule has 0 saturated carbocycles. The molecule has 0 aromatic heterocycles. The molecule has 1 heterocycles. The molecule has 2 aromatic carbocycles. The van der Waals surface area contributed by atoms with E-state index in [1.807, 2.05) is 0 Å². The molecule has 2 amide bonds. The van der Waals surface area contributed by atoms with Crippen molar-refractivity contribution in [3.8, 4) is 0 Å². The van der Waals surface area contributed by atoms with Gasteiger partial charge >= 0.3 is 21.7 Å². The summed E-state index contributed by atoms with van der Waals surface area (Å²) in [5.74, 6) is -0.458. The van der Waals surface area contributed by atoms with Gasteiger partial charge in [0.05, 0.1) is 19.4 Å². The molecule has 1 fully saturated rings. The van der Waals surface area contributed by atoms with Crippen molar-refractivity contribution in [3.63, 3.8) is 0 Å². The van der Waals surface area contributed by atoms with Crippen molar-refractivity contribution in [1.29, 1.82) is 0 Å². The summed E-state index contributed by atoms with van der Waals surface area (Å²) in [5.41, 5.74) is 0.888. The number of phosphoric acid groups is 2. The van der Waals surface area contributed by atoms with Gasteiger partial charge in [-0.25, -0.2) is 18.3 Å². The second-order valence-corrected chi connectivity index (χ2v) is 12.2. The number of phosphoric ester groups is 2. The van der Waals surface area contributed by atoms with Crippen molar-refractivity contribution >= 4 is 27.4 Å². The second-order valence-electron chi connectivity index (χ2n) is 9.12. The van der Waals surface area contributed by atoms with Gasteiger partial charge in [0.25, 0.3) is 0 Å². The minimum absolute atomic E-state index is 0.399. The maximum Gasteiger partial charge on any atom is 0.481 e. The Kier molecular flexibility index (Phi) is 12.0. The second kappa shape index (κ2) is 14.8. The zero-order chi connectivity index (χ0) is 31.1. The number of amides is 2. The highest BCUT2D eigenvalue weighted by Crippen LogP contribution is 2.60. The molecule has 3 rings (SSSR count). The number of carbonyl (C=O) groups excluding carboxylic acids is 1. The maximum absolute atomic E-state index is 13.0. The van der Waals surface area contributed by atoms with Crippen molar-refractivity contribution in [2.24, 2.45) is 0 Å². The number of carbonyl (C=O) groups is 1. The van der Waals surface area contributed by atoms with Crippen LogP contribution in [0, 0.1) is 5.82 Å². The normalized spacial score (nSPS) is 24.7. The van der Waals surface area contributed by atoms with E-state index in [2.05, 4.69) is 24.8 Å². The quantitative estimate of drug-likeness (QED) is 0.107. The van der Waals surface area contributed by atoms with Crippen LogP contribution in [0.5, 0.6) is 0 Å². The third-order valence-corrected chi connectivity index (χ3v) is 8.36. The zero-order valence-electron chi connectivity index (χ0n) is 22.4. The van der Waals surface area contributed by atoms with E-state index >= 15 is 0 Å². The number of hydrogen-bond donors (Lipinski definition) is 8. The molecule has 0 spiro atoms. The topological polar surface area (TPSA) is 229 Å². The number of aliphatic hydroxyl groups excluding tert-OH is 3. The van der Waals surface area contributed by atoms with Crippen LogP contribution in [0.3, 0.4) is 0 Å². The molecule has 2 aromatic rings. The van der Waals surface area contributed by atoms with Gasteiger partial charge in [-0.05, 0) is 36.8 Å². The number of nitrogens with zero attached hydrogens (tertiary/aromatic N) is 1. The fraction of sp³-hybridized carbons (Fsp3) is 0.435.